The van der Waals surface area contributed by atoms with Gasteiger partial charge in [0.15, 0.2) is 6.61 Å². The molecule has 2 N–H and O–H groups in total. The smallest absolute Gasteiger partial charge is 0.338 e. The molecule has 130 valence electrons. The first-order valence-electron chi connectivity index (χ1n) is 8.04. The van der Waals surface area contributed by atoms with Crippen LogP contribution in [-0.4, -0.2) is 23.5 Å². The topological polar surface area (TPSA) is 95.0 Å². The van der Waals surface area contributed by atoms with Crippen LogP contribution in [0.25, 0.3) is 10.9 Å². The summed E-state index contributed by atoms with van der Waals surface area (Å²) >= 11 is 0. The zero-order valence-electron chi connectivity index (χ0n) is 14.4. The molecule has 3 rings (SSSR count). The SMILES string of the molecule is Cc1[nH]c2ccc(C(=O)OCC(=O)Nc3cccc(C#N)c3)cc2c1C. The van der Waals surface area contributed by atoms with Crippen LogP contribution in [-0.2, 0) is 9.53 Å². The standard InChI is InChI=1S/C20H17N3O3/c1-12-13(2)22-18-7-6-15(9-17(12)18)20(25)26-11-19(24)23-16-5-3-4-14(8-16)10-21/h3-9,22H,11H2,1-2H3,(H,23,24). The summed E-state index contributed by atoms with van der Waals surface area (Å²) in [5, 5.41) is 12.4. The number of aromatic amines is 1. The number of nitriles is 1. The fourth-order valence-electron chi connectivity index (χ4n) is 2.67. The lowest BCUT2D eigenvalue weighted by atomic mass is 10.1. The first-order valence-corrected chi connectivity index (χ1v) is 8.04. The minimum absolute atomic E-state index is 0.388. The molecule has 26 heavy (non-hydrogen) atoms. The number of carbonyl (C=O) groups excluding carboxylic acids is 2. The highest BCUT2D eigenvalue weighted by molar-refractivity contribution is 5.98. The molecule has 1 heterocycles. The van der Waals surface area contributed by atoms with Crippen LogP contribution in [0.1, 0.15) is 27.2 Å². The van der Waals surface area contributed by atoms with Crippen LogP contribution in [0.15, 0.2) is 42.5 Å². The fraction of sp³-hybridized carbons (Fsp3) is 0.150. The molecular weight excluding hydrogens is 330 g/mol. The molecule has 0 atom stereocenters. The lowest BCUT2D eigenvalue weighted by Gasteiger charge is -2.07. The highest BCUT2D eigenvalue weighted by Crippen LogP contribution is 2.22. The number of nitrogens with zero attached hydrogens (tertiary/aromatic N) is 1. The van der Waals surface area contributed by atoms with E-state index in [-0.39, 0.29) is 0 Å². The van der Waals surface area contributed by atoms with Crippen LogP contribution in [0.5, 0.6) is 0 Å². The summed E-state index contributed by atoms with van der Waals surface area (Å²) in [7, 11) is 0. The van der Waals surface area contributed by atoms with Crippen LogP contribution in [0.4, 0.5) is 5.69 Å². The number of H-pyrrole nitrogens is 1. The monoisotopic (exact) mass is 347 g/mol. The third-order valence-electron chi connectivity index (χ3n) is 4.15. The normalized spacial score (nSPS) is 10.3. The predicted octanol–water partition coefficient (Wildman–Crippen LogP) is 3.45. The average molecular weight is 347 g/mol. The molecule has 0 radical (unpaired) electrons. The number of ether oxygens (including phenoxy) is 1. The molecule has 0 aliphatic rings. The molecule has 2 aromatic carbocycles. The van der Waals surface area contributed by atoms with Crippen molar-refractivity contribution >= 4 is 28.5 Å². The van der Waals surface area contributed by atoms with Crippen LogP contribution in [0.3, 0.4) is 0 Å². The van der Waals surface area contributed by atoms with Gasteiger partial charge in [0.25, 0.3) is 5.91 Å². The summed E-state index contributed by atoms with van der Waals surface area (Å²) in [5.74, 6) is -1.03. The molecule has 1 amide bonds. The van der Waals surface area contributed by atoms with Crippen LogP contribution in [0.2, 0.25) is 0 Å². The Morgan fingerprint density at radius 2 is 2.00 bits per heavy atom. The van der Waals surface area contributed by atoms with E-state index in [0.717, 1.165) is 22.2 Å². The largest absolute Gasteiger partial charge is 0.452 e. The van der Waals surface area contributed by atoms with E-state index in [4.69, 9.17) is 10.00 Å². The highest BCUT2D eigenvalue weighted by atomic mass is 16.5. The van der Waals surface area contributed by atoms with Gasteiger partial charge in [-0.1, -0.05) is 6.07 Å². The molecule has 1 aromatic heterocycles. The van der Waals surface area contributed by atoms with Gasteiger partial charge in [-0.2, -0.15) is 5.26 Å². The maximum Gasteiger partial charge on any atom is 0.338 e. The van der Waals surface area contributed by atoms with Gasteiger partial charge in [-0.05, 0) is 55.8 Å². The second kappa shape index (κ2) is 7.11. The van der Waals surface area contributed by atoms with E-state index in [2.05, 4.69) is 10.3 Å². The van der Waals surface area contributed by atoms with Crippen molar-refractivity contribution in [1.82, 2.24) is 4.98 Å². The summed E-state index contributed by atoms with van der Waals surface area (Å²) in [6, 6.07) is 13.7. The van der Waals surface area contributed by atoms with E-state index in [0.29, 0.717) is 16.8 Å². The molecule has 0 spiro atoms. The third-order valence-corrected chi connectivity index (χ3v) is 4.15. The Kier molecular flexibility index (Phi) is 4.72. The van der Waals surface area contributed by atoms with Crippen molar-refractivity contribution in [3.05, 3.63) is 64.8 Å². The first-order chi connectivity index (χ1) is 12.5. The molecule has 0 bridgehead atoms. The number of benzene rings is 2. The van der Waals surface area contributed by atoms with Gasteiger partial charge in [-0.3, -0.25) is 4.79 Å². The number of nitrogens with one attached hydrogen (secondary N) is 2. The molecule has 0 aliphatic heterocycles. The zero-order chi connectivity index (χ0) is 18.7. The van der Waals surface area contributed by atoms with Gasteiger partial charge < -0.3 is 15.0 Å². The van der Waals surface area contributed by atoms with Crippen LogP contribution < -0.4 is 5.32 Å². The second-order valence-corrected chi connectivity index (χ2v) is 5.95. The Morgan fingerprint density at radius 3 is 2.77 bits per heavy atom. The van der Waals surface area contributed by atoms with Crippen molar-refractivity contribution in [2.24, 2.45) is 0 Å². The molecule has 6 heteroatoms. The van der Waals surface area contributed by atoms with Gasteiger partial charge in [0.2, 0.25) is 0 Å². The van der Waals surface area contributed by atoms with E-state index in [9.17, 15) is 9.59 Å². The van der Waals surface area contributed by atoms with E-state index in [1.807, 2.05) is 26.0 Å². The van der Waals surface area contributed by atoms with E-state index < -0.39 is 18.5 Å². The number of carbonyl (C=O) groups is 2. The maximum atomic E-state index is 12.2. The Hall–Kier alpha value is -3.59. The predicted molar refractivity (Wildman–Crippen MR) is 97.8 cm³/mol. The zero-order valence-corrected chi connectivity index (χ0v) is 14.4. The van der Waals surface area contributed by atoms with E-state index in [1.54, 1.807) is 36.4 Å². The molecule has 3 aromatic rings. The number of esters is 1. The van der Waals surface area contributed by atoms with Gasteiger partial charge in [0.1, 0.15) is 0 Å². The van der Waals surface area contributed by atoms with Crippen molar-refractivity contribution in [3.63, 3.8) is 0 Å². The van der Waals surface area contributed by atoms with Gasteiger partial charge in [0.05, 0.1) is 17.2 Å². The molecule has 0 fully saturated rings. The second-order valence-electron chi connectivity index (χ2n) is 5.95. The summed E-state index contributed by atoms with van der Waals surface area (Å²) in [6.45, 7) is 3.55. The number of fused-ring (bicyclic) bond motifs is 1. The van der Waals surface area contributed by atoms with Gasteiger partial charge in [0, 0.05) is 22.3 Å². The maximum absolute atomic E-state index is 12.2. The fourth-order valence-corrected chi connectivity index (χ4v) is 2.67. The van der Waals surface area contributed by atoms with Crippen molar-refractivity contribution in [2.75, 3.05) is 11.9 Å². The lowest BCUT2D eigenvalue weighted by Crippen LogP contribution is -2.20. The minimum atomic E-state index is -0.564. The third kappa shape index (κ3) is 3.57. The summed E-state index contributed by atoms with van der Waals surface area (Å²) in [4.78, 5) is 27.4. The van der Waals surface area contributed by atoms with E-state index >= 15 is 0 Å². The number of rotatable bonds is 4. The van der Waals surface area contributed by atoms with Crippen LogP contribution >= 0.6 is 0 Å². The lowest BCUT2D eigenvalue weighted by molar-refractivity contribution is -0.119. The summed E-state index contributed by atoms with van der Waals surface area (Å²) in [5.41, 5.74) is 4.37. The van der Waals surface area contributed by atoms with Crippen molar-refractivity contribution < 1.29 is 14.3 Å². The molecule has 0 saturated carbocycles. The number of anilines is 1. The molecular formula is C20H17N3O3. The Morgan fingerprint density at radius 1 is 1.19 bits per heavy atom. The molecule has 0 unspecified atom stereocenters. The number of amides is 1. The number of aryl methyl sites for hydroxylation is 2. The molecule has 0 aliphatic carbocycles. The van der Waals surface area contributed by atoms with Crippen molar-refractivity contribution in [3.8, 4) is 6.07 Å². The Labute approximate surface area is 150 Å². The molecule has 6 nitrogen and oxygen atoms in total. The quantitative estimate of drug-likeness (QED) is 0.707. The number of hydrogen-bond acceptors (Lipinski definition) is 4. The molecule has 0 saturated heterocycles. The van der Waals surface area contributed by atoms with Crippen molar-refractivity contribution in [2.45, 2.75) is 13.8 Å². The Bertz CT molecular complexity index is 1040. The number of aromatic nitrogens is 1. The summed E-state index contributed by atoms with van der Waals surface area (Å²) in [6.07, 6.45) is 0. The van der Waals surface area contributed by atoms with E-state index in [1.165, 1.54) is 0 Å². The van der Waals surface area contributed by atoms with Gasteiger partial charge in [-0.15, -0.1) is 0 Å². The average Bonchev–Trinajstić information content (AvgIpc) is 2.93. The first kappa shape index (κ1) is 17.2. The highest BCUT2D eigenvalue weighted by Gasteiger charge is 2.13. The van der Waals surface area contributed by atoms with Crippen molar-refractivity contribution in [1.29, 1.82) is 5.26 Å². The van der Waals surface area contributed by atoms with Gasteiger partial charge in [-0.25, -0.2) is 4.79 Å². The van der Waals surface area contributed by atoms with Gasteiger partial charge >= 0.3 is 5.97 Å². The van der Waals surface area contributed by atoms with Crippen LogP contribution in [0, 0.1) is 25.2 Å². The summed E-state index contributed by atoms with van der Waals surface area (Å²) < 4.78 is 5.09. The Balaban J connectivity index is 1.64. The minimum Gasteiger partial charge on any atom is -0.452 e. The number of hydrogen-bond donors (Lipinski definition) is 2.